The maximum atomic E-state index is 6.11. The van der Waals surface area contributed by atoms with Crippen molar-refractivity contribution in [2.45, 2.75) is 25.3 Å². The lowest BCUT2D eigenvalue weighted by atomic mass is 9.80. The molecule has 2 aromatic rings. The first-order valence-corrected chi connectivity index (χ1v) is 5.58. The molecule has 0 radical (unpaired) electrons. The Balaban J connectivity index is 1.92. The van der Waals surface area contributed by atoms with Gasteiger partial charge in [-0.3, -0.25) is 0 Å². The topological polar surface area (TPSA) is 69.1 Å². The maximum absolute atomic E-state index is 6.11. The molecule has 0 saturated heterocycles. The number of hydrogen-bond acceptors (Lipinski definition) is 5. The normalized spacial score (nSPS) is 19.8. The first-order chi connectivity index (χ1) is 6.84. The highest BCUT2D eigenvalue weighted by Gasteiger charge is 2.28. The summed E-state index contributed by atoms with van der Waals surface area (Å²) >= 11 is 1.54. The number of nitrogens with two attached hydrogens (primary N) is 1. The fourth-order valence-electron chi connectivity index (χ4n) is 1.71. The highest BCUT2D eigenvalue weighted by atomic mass is 32.1. The summed E-state index contributed by atoms with van der Waals surface area (Å²) in [5, 5.41) is 13.0. The molecule has 74 valence electrons. The number of aromatic nitrogens is 4. The van der Waals surface area contributed by atoms with Crippen molar-refractivity contribution in [1.82, 2.24) is 19.8 Å². The number of nitrogens with zero attached hydrogens (tertiary/aromatic N) is 4. The Hall–Kier alpha value is -1.01. The minimum Gasteiger partial charge on any atom is -0.322 e. The Morgan fingerprint density at radius 2 is 2.43 bits per heavy atom. The van der Waals surface area contributed by atoms with Crippen molar-refractivity contribution >= 4 is 16.3 Å². The van der Waals surface area contributed by atoms with Gasteiger partial charge in [-0.25, -0.2) is 0 Å². The van der Waals surface area contributed by atoms with Gasteiger partial charge in [0.1, 0.15) is 11.3 Å². The molecule has 2 aromatic heterocycles. The third-order valence-corrected chi connectivity index (χ3v) is 3.86. The summed E-state index contributed by atoms with van der Waals surface area (Å²) in [5.41, 5.74) is 6.11. The Kier molecular flexibility index (Phi) is 1.78. The second-order valence-corrected chi connectivity index (χ2v) is 4.70. The number of hydrogen-bond donors (Lipinski definition) is 1. The van der Waals surface area contributed by atoms with Crippen LogP contribution in [0.15, 0.2) is 6.33 Å². The van der Waals surface area contributed by atoms with Crippen LogP contribution in [0, 0.1) is 5.92 Å². The van der Waals surface area contributed by atoms with Crippen molar-refractivity contribution < 1.29 is 0 Å². The highest BCUT2D eigenvalue weighted by molar-refractivity contribution is 7.16. The molecular formula is C8H11N5S. The zero-order chi connectivity index (χ0) is 9.54. The van der Waals surface area contributed by atoms with Crippen LogP contribution in [0.3, 0.4) is 0 Å². The van der Waals surface area contributed by atoms with Crippen LogP contribution in [0.25, 0.3) is 4.96 Å². The molecule has 1 aliphatic carbocycles. The number of fused-ring (bicyclic) bond motifs is 1. The van der Waals surface area contributed by atoms with Crippen LogP contribution in [0.5, 0.6) is 0 Å². The third kappa shape index (κ3) is 1.14. The zero-order valence-corrected chi connectivity index (χ0v) is 8.44. The van der Waals surface area contributed by atoms with E-state index in [1.165, 1.54) is 19.3 Å². The van der Waals surface area contributed by atoms with Crippen LogP contribution in [0.1, 0.15) is 30.3 Å². The summed E-state index contributed by atoms with van der Waals surface area (Å²) in [7, 11) is 0. The molecule has 3 rings (SSSR count). The van der Waals surface area contributed by atoms with Crippen LogP contribution < -0.4 is 5.73 Å². The molecule has 0 aliphatic heterocycles. The van der Waals surface area contributed by atoms with E-state index in [9.17, 15) is 0 Å². The smallest absolute Gasteiger partial charge is 0.234 e. The summed E-state index contributed by atoms with van der Waals surface area (Å²) in [6, 6.07) is 0.0930. The average molecular weight is 209 g/mol. The van der Waals surface area contributed by atoms with Gasteiger partial charge in [0, 0.05) is 0 Å². The molecule has 0 bridgehead atoms. The monoisotopic (exact) mass is 209 g/mol. The fraction of sp³-hybridized carbons (Fsp3) is 0.625. The Bertz CT molecular complexity index is 415. The molecule has 5 nitrogen and oxygen atoms in total. The molecule has 0 aromatic carbocycles. The van der Waals surface area contributed by atoms with Gasteiger partial charge in [-0.1, -0.05) is 17.8 Å². The second-order valence-electron chi connectivity index (χ2n) is 3.72. The lowest BCUT2D eigenvalue weighted by Gasteiger charge is -2.29. The average Bonchev–Trinajstić information content (AvgIpc) is 2.56. The lowest BCUT2D eigenvalue weighted by Crippen LogP contribution is -2.26. The lowest BCUT2D eigenvalue weighted by molar-refractivity contribution is 0.263. The van der Waals surface area contributed by atoms with Gasteiger partial charge in [-0.15, -0.1) is 10.2 Å². The quantitative estimate of drug-likeness (QED) is 0.800. The minimum absolute atomic E-state index is 0.0930. The molecule has 1 unspecified atom stereocenters. The van der Waals surface area contributed by atoms with E-state index < -0.39 is 0 Å². The molecule has 14 heavy (non-hydrogen) atoms. The summed E-state index contributed by atoms with van der Waals surface area (Å²) in [5.74, 6) is 0.624. The number of rotatable bonds is 2. The Labute approximate surface area is 84.9 Å². The summed E-state index contributed by atoms with van der Waals surface area (Å²) < 4.78 is 1.69. The Morgan fingerprint density at radius 1 is 1.57 bits per heavy atom. The van der Waals surface area contributed by atoms with E-state index in [1.54, 1.807) is 22.2 Å². The zero-order valence-electron chi connectivity index (χ0n) is 7.63. The molecule has 0 amide bonds. The summed E-state index contributed by atoms with van der Waals surface area (Å²) in [6.45, 7) is 0. The van der Waals surface area contributed by atoms with Crippen LogP contribution in [-0.2, 0) is 0 Å². The van der Waals surface area contributed by atoms with Gasteiger partial charge in [-0.2, -0.15) is 9.61 Å². The predicted molar refractivity (Wildman–Crippen MR) is 52.9 cm³/mol. The first-order valence-electron chi connectivity index (χ1n) is 4.77. The molecule has 6 heteroatoms. The van der Waals surface area contributed by atoms with Crippen molar-refractivity contribution in [3.63, 3.8) is 0 Å². The highest BCUT2D eigenvalue weighted by Crippen LogP contribution is 2.37. The van der Waals surface area contributed by atoms with Crippen LogP contribution in [0.2, 0.25) is 0 Å². The molecule has 1 atom stereocenters. The van der Waals surface area contributed by atoms with Gasteiger partial charge in [0.25, 0.3) is 0 Å². The van der Waals surface area contributed by atoms with Gasteiger partial charge in [-0.05, 0) is 18.8 Å². The van der Waals surface area contributed by atoms with E-state index in [0.29, 0.717) is 5.92 Å². The van der Waals surface area contributed by atoms with Crippen molar-refractivity contribution in [2.24, 2.45) is 11.7 Å². The van der Waals surface area contributed by atoms with Crippen LogP contribution in [-0.4, -0.2) is 19.8 Å². The van der Waals surface area contributed by atoms with E-state index in [1.807, 2.05) is 0 Å². The minimum atomic E-state index is 0.0930. The molecule has 0 spiro atoms. The standard InChI is InChI=1S/C8H11N5S/c9-6(5-2-1-3-5)7-12-13-4-10-11-8(13)14-7/h4-6H,1-3,9H2. The summed E-state index contributed by atoms with van der Waals surface area (Å²) in [6.07, 6.45) is 5.40. The maximum Gasteiger partial charge on any atom is 0.234 e. The first kappa shape index (κ1) is 8.31. The van der Waals surface area contributed by atoms with E-state index >= 15 is 0 Å². The molecule has 1 saturated carbocycles. The van der Waals surface area contributed by atoms with E-state index in [4.69, 9.17) is 5.73 Å². The van der Waals surface area contributed by atoms with Gasteiger partial charge in [0.05, 0.1) is 6.04 Å². The van der Waals surface area contributed by atoms with Gasteiger partial charge < -0.3 is 5.73 Å². The molecule has 2 heterocycles. The predicted octanol–water partition coefficient (Wildman–Crippen LogP) is 0.986. The molecule has 1 fully saturated rings. The molecular weight excluding hydrogens is 198 g/mol. The van der Waals surface area contributed by atoms with Crippen molar-refractivity contribution in [3.05, 3.63) is 11.3 Å². The van der Waals surface area contributed by atoms with E-state index in [0.717, 1.165) is 9.97 Å². The van der Waals surface area contributed by atoms with Crippen molar-refractivity contribution in [1.29, 1.82) is 0 Å². The molecule has 2 N–H and O–H groups in total. The second kappa shape index (κ2) is 2.99. The van der Waals surface area contributed by atoms with Crippen molar-refractivity contribution in [2.75, 3.05) is 0 Å². The molecule has 1 aliphatic rings. The summed E-state index contributed by atoms with van der Waals surface area (Å²) in [4.78, 5) is 0.828. The fourth-order valence-corrected chi connectivity index (χ4v) is 2.62. The SMILES string of the molecule is NC(c1nn2cnnc2s1)C1CCC1. The van der Waals surface area contributed by atoms with Crippen LogP contribution in [0.4, 0.5) is 0 Å². The van der Waals surface area contributed by atoms with Gasteiger partial charge in [0.2, 0.25) is 4.96 Å². The van der Waals surface area contributed by atoms with Gasteiger partial charge >= 0.3 is 0 Å². The van der Waals surface area contributed by atoms with Crippen LogP contribution >= 0.6 is 11.3 Å². The third-order valence-electron chi connectivity index (χ3n) is 2.85. The van der Waals surface area contributed by atoms with E-state index in [-0.39, 0.29) is 6.04 Å². The van der Waals surface area contributed by atoms with Crippen molar-refractivity contribution in [3.8, 4) is 0 Å². The van der Waals surface area contributed by atoms with E-state index in [2.05, 4.69) is 15.3 Å². The van der Waals surface area contributed by atoms with Gasteiger partial charge in [0.15, 0.2) is 0 Å². The Morgan fingerprint density at radius 3 is 3.07 bits per heavy atom. The largest absolute Gasteiger partial charge is 0.322 e.